The smallest absolute Gasteiger partial charge is 0.261 e. The first-order valence-electron chi connectivity index (χ1n) is 6.56. The summed E-state index contributed by atoms with van der Waals surface area (Å²) in [6, 6.07) is 5.43. The van der Waals surface area contributed by atoms with Crippen LogP contribution in [0.15, 0.2) is 18.2 Å². The summed E-state index contributed by atoms with van der Waals surface area (Å²) in [4.78, 5) is 25.8. The first kappa shape index (κ1) is 14.3. The third-order valence-corrected chi connectivity index (χ3v) is 5.73. The molecule has 0 spiro atoms. The highest BCUT2D eigenvalue weighted by Gasteiger charge is 2.36. The Hall–Kier alpha value is -1.13. The lowest BCUT2D eigenvalue weighted by molar-refractivity contribution is 0.0652. The number of benzene rings is 1. The van der Waals surface area contributed by atoms with E-state index in [9.17, 15) is 9.59 Å². The maximum absolute atomic E-state index is 12.3. The molecule has 1 aromatic rings. The van der Waals surface area contributed by atoms with Gasteiger partial charge in [-0.2, -0.15) is 11.1 Å². The van der Waals surface area contributed by atoms with Crippen LogP contribution in [0.1, 0.15) is 40.5 Å². The number of fused-ring (bicyclic) bond motifs is 1. The van der Waals surface area contributed by atoms with E-state index in [2.05, 4.69) is 0 Å². The number of rotatable bonds is 4. The van der Waals surface area contributed by atoms with Crippen molar-refractivity contribution in [2.24, 2.45) is 0 Å². The molecule has 1 heterocycles. The Balaban J connectivity index is 2.37. The zero-order chi connectivity index (χ0) is 14.2. The van der Waals surface area contributed by atoms with Crippen LogP contribution in [0.25, 0.3) is 0 Å². The highest BCUT2D eigenvalue weighted by molar-refractivity contribution is 7.26. The van der Waals surface area contributed by atoms with Crippen LogP contribution in [0.5, 0.6) is 0 Å². The van der Waals surface area contributed by atoms with Crippen molar-refractivity contribution < 1.29 is 9.59 Å². The molecule has 0 radical (unpaired) electrons. The molecule has 3 nitrogen and oxygen atoms in total. The predicted molar refractivity (Wildman–Crippen MR) is 79.7 cm³/mol. The fourth-order valence-corrected chi connectivity index (χ4v) is 3.50. The Morgan fingerprint density at radius 3 is 2.37 bits per heavy atom. The Labute approximate surface area is 119 Å². The Morgan fingerprint density at radius 2 is 1.79 bits per heavy atom. The van der Waals surface area contributed by atoms with E-state index in [4.69, 9.17) is 11.1 Å². The minimum absolute atomic E-state index is 0.172. The summed E-state index contributed by atoms with van der Waals surface area (Å²) in [5.74, 6) is -0.348. The average Bonchev–Trinajstić information content (AvgIpc) is 2.59. The Kier molecular flexibility index (Phi) is 3.83. The van der Waals surface area contributed by atoms with Crippen molar-refractivity contribution in [1.82, 2.24) is 4.90 Å². The fourth-order valence-electron chi connectivity index (χ4n) is 2.18. The predicted octanol–water partition coefficient (Wildman–Crippen LogP) is 2.73. The van der Waals surface area contributed by atoms with Gasteiger partial charge < -0.3 is 0 Å². The van der Waals surface area contributed by atoms with E-state index in [1.54, 1.807) is 12.1 Å². The van der Waals surface area contributed by atoms with E-state index in [-0.39, 0.29) is 11.8 Å². The van der Waals surface area contributed by atoms with E-state index in [1.165, 1.54) is 4.90 Å². The van der Waals surface area contributed by atoms with E-state index >= 15 is 0 Å². The zero-order valence-electron chi connectivity index (χ0n) is 11.5. The molecule has 2 rings (SSSR count). The Bertz CT molecular complexity index is 537. The summed E-state index contributed by atoms with van der Waals surface area (Å²) in [7, 11) is -1.98. The second kappa shape index (κ2) is 5.10. The number of amides is 2. The summed E-state index contributed by atoms with van der Waals surface area (Å²) in [5.41, 5.74) is 1.03. The van der Waals surface area contributed by atoms with E-state index in [1.807, 2.05) is 26.1 Å². The molecule has 0 N–H and O–H groups in total. The molecule has 0 saturated carbocycles. The first-order chi connectivity index (χ1) is 8.86. The molecular formula is C14H18ClNO2Si. The number of nitrogens with zero attached hydrogens (tertiary/aromatic N) is 1. The van der Waals surface area contributed by atoms with E-state index < -0.39 is 7.38 Å². The number of imide groups is 1. The number of unbranched alkanes of at least 4 members (excludes halogenated alkanes) is 1. The van der Waals surface area contributed by atoms with Crippen LogP contribution in [-0.4, -0.2) is 30.6 Å². The van der Waals surface area contributed by atoms with Gasteiger partial charge >= 0.3 is 0 Å². The summed E-state index contributed by atoms with van der Waals surface area (Å²) >= 11 is 6.39. The fraction of sp³-hybridized carbons (Fsp3) is 0.429. The zero-order valence-corrected chi connectivity index (χ0v) is 13.3. The first-order valence-corrected chi connectivity index (χ1v) is 10.6. The Morgan fingerprint density at radius 1 is 1.16 bits per heavy atom. The molecule has 5 heteroatoms. The molecule has 1 aliphatic rings. The minimum atomic E-state index is -1.98. The monoisotopic (exact) mass is 295 g/mol. The molecule has 0 bridgehead atoms. The maximum atomic E-state index is 12.3. The van der Waals surface area contributed by atoms with Crippen LogP contribution in [0.3, 0.4) is 0 Å². The van der Waals surface area contributed by atoms with E-state index in [0.717, 1.165) is 18.0 Å². The van der Waals surface area contributed by atoms with Gasteiger partial charge in [-0.1, -0.05) is 32.5 Å². The molecule has 102 valence electrons. The quantitative estimate of drug-likeness (QED) is 0.486. The average molecular weight is 296 g/mol. The molecule has 0 atom stereocenters. The van der Waals surface area contributed by atoms with Crippen molar-refractivity contribution in [3.05, 3.63) is 29.3 Å². The van der Waals surface area contributed by atoms with Crippen molar-refractivity contribution in [3.8, 4) is 0 Å². The summed E-state index contributed by atoms with van der Waals surface area (Å²) < 4.78 is 0. The molecule has 19 heavy (non-hydrogen) atoms. The number of halogens is 1. The van der Waals surface area contributed by atoms with Crippen molar-refractivity contribution in [2.45, 2.75) is 32.9 Å². The highest BCUT2D eigenvalue weighted by Crippen LogP contribution is 2.23. The molecule has 0 aliphatic carbocycles. The largest absolute Gasteiger partial charge is 0.274 e. The van der Waals surface area contributed by atoms with Crippen molar-refractivity contribution in [2.75, 3.05) is 6.54 Å². The third kappa shape index (κ3) is 2.60. The van der Waals surface area contributed by atoms with Gasteiger partial charge in [-0.15, -0.1) is 0 Å². The number of carbonyl (C=O) groups excluding carboxylic acids is 2. The molecule has 0 unspecified atom stereocenters. The highest BCUT2D eigenvalue weighted by atomic mass is 35.6. The third-order valence-electron chi connectivity index (χ3n) is 3.39. The van der Waals surface area contributed by atoms with Crippen LogP contribution < -0.4 is 5.19 Å². The maximum Gasteiger partial charge on any atom is 0.261 e. The SMILES string of the molecule is CCCCN1C(=O)c2ccc([Si](C)(C)Cl)cc2C1=O. The topological polar surface area (TPSA) is 37.4 Å². The molecule has 2 amide bonds. The lowest BCUT2D eigenvalue weighted by atomic mass is 10.1. The molecule has 0 aromatic heterocycles. The molecular weight excluding hydrogens is 278 g/mol. The van der Waals surface area contributed by atoms with Crippen molar-refractivity contribution >= 4 is 35.5 Å². The van der Waals surface area contributed by atoms with Gasteiger partial charge in [0.25, 0.3) is 11.8 Å². The van der Waals surface area contributed by atoms with Crippen LogP contribution >= 0.6 is 11.1 Å². The lowest BCUT2D eigenvalue weighted by Crippen LogP contribution is -2.35. The number of carbonyl (C=O) groups is 2. The van der Waals surface area contributed by atoms with E-state index in [0.29, 0.717) is 17.7 Å². The second-order valence-corrected chi connectivity index (χ2v) is 11.7. The van der Waals surface area contributed by atoms with Gasteiger partial charge in [0.2, 0.25) is 0 Å². The molecule has 1 aromatic carbocycles. The van der Waals surface area contributed by atoms with Crippen LogP contribution in [0, 0.1) is 0 Å². The minimum Gasteiger partial charge on any atom is -0.274 e. The van der Waals surface area contributed by atoms with Gasteiger partial charge in [0, 0.05) is 6.54 Å². The van der Waals surface area contributed by atoms with Gasteiger partial charge in [-0.3, -0.25) is 14.5 Å². The number of hydrogen-bond acceptors (Lipinski definition) is 2. The van der Waals surface area contributed by atoms with Crippen LogP contribution in [0.4, 0.5) is 0 Å². The molecule has 1 aliphatic heterocycles. The summed E-state index contributed by atoms with van der Waals surface area (Å²) in [6.45, 7) is 6.55. The van der Waals surface area contributed by atoms with Gasteiger partial charge in [-0.25, -0.2) is 0 Å². The standard InChI is InChI=1S/C14H18ClNO2Si/c1-4-5-8-16-13(17)11-7-6-10(19(2,3)15)9-12(11)14(16)18/h6-7,9H,4-5,8H2,1-3H3. The van der Waals surface area contributed by atoms with Gasteiger partial charge in [-0.05, 0) is 23.7 Å². The van der Waals surface area contributed by atoms with Gasteiger partial charge in [0.15, 0.2) is 7.38 Å². The van der Waals surface area contributed by atoms with Crippen molar-refractivity contribution in [1.29, 1.82) is 0 Å². The van der Waals surface area contributed by atoms with Gasteiger partial charge in [0.05, 0.1) is 11.1 Å². The molecule has 0 fully saturated rings. The van der Waals surface area contributed by atoms with Crippen molar-refractivity contribution in [3.63, 3.8) is 0 Å². The number of hydrogen-bond donors (Lipinski definition) is 0. The summed E-state index contributed by atoms with van der Waals surface area (Å²) in [5, 5.41) is 0.992. The van der Waals surface area contributed by atoms with Crippen LogP contribution in [-0.2, 0) is 0 Å². The molecule has 0 saturated heterocycles. The van der Waals surface area contributed by atoms with Crippen LogP contribution in [0.2, 0.25) is 13.1 Å². The lowest BCUT2D eigenvalue weighted by Gasteiger charge is -2.14. The normalized spacial score (nSPS) is 15.1. The van der Waals surface area contributed by atoms with Gasteiger partial charge in [0.1, 0.15) is 0 Å². The summed E-state index contributed by atoms with van der Waals surface area (Å²) in [6.07, 6.45) is 1.80. The second-order valence-electron chi connectivity index (χ2n) is 5.35.